The predicted octanol–water partition coefficient (Wildman–Crippen LogP) is 4.43. The van der Waals surface area contributed by atoms with Crippen molar-refractivity contribution in [2.75, 3.05) is 45.8 Å². The summed E-state index contributed by atoms with van der Waals surface area (Å²) < 4.78 is 12.9. The van der Waals surface area contributed by atoms with Gasteiger partial charge in [-0.05, 0) is 69.5 Å². The number of nitrogens with zero attached hydrogens (tertiary/aromatic N) is 3. The van der Waals surface area contributed by atoms with Crippen LogP contribution in [0.15, 0.2) is 46.9 Å². The summed E-state index contributed by atoms with van der Waals surface area (Å²) in [6.07, 6.45) is 0.848. The number of hydrogen-bond acceptors (Lipinski definition) is 6. The molecule has 0 unspecified atom stereocenters. The first kappa shape index (κ1) is 21.5. The van der Waals surface area contributed by atoms with Crippen molar-refractivity contribution in [2.24, 2.45) is 0 Å². The van der Waals surface area contributed by atoms with Crippen LogP contribution in [0.1, 0.15) is 6.42 Å². The fourth-order valence-corrected chi connectivity index (χ4v) is 4.33. The average Bonchev–Trinajstić information content (AvgIpc) is 3.12. The summed E-state index contributed by atoms with van der Waals surface area (Å²) in [5, 5.41) is 0.695. The summed E-state index contributed by atoms with van der Waals surface area (Å²) in [5.41, 5.74) is 0.884. The molecule has 0 aliphatic heterocycles. The van der Waals surface area contributed by atoms with Crippen LogP contribution in [-0.2, 0) is 4.79 Å². The molecule has 3 rings (SSSR count). The van der Waals surface area contributed by atoms with Crippen LogP contribution in [0.5, 0.6) is 11.5 Å². The summed E-state index contributed by atoms with van der Waals surface area (Å²) in [6, 6.07) is 13.1. The number of hydrogen-bond donors (Lipinski definition) is 0. The molecule has 0 N–H and O–H groups in total. The molecule has 0 aliphatic carbocycles. The van der Waals surface area contributed by atoms with Gasteiger partial charge in [-0.25, -0.2) is 4.98 Å². The van der Waals surface area contributed by atoms with E-state index >= 15 is 0 Å². The van der Waals surface area contributed by atoms with E-state index in [0.717, 1.165) is 33.4 Å². The number of benzene rings is 2. The SMILES string of the molecule is COc1ccc(OCC(=O)N(CCCN(C)C)c2nc3ccc(Br)cc3s2)cc1. The number of amides is 1. The van der Waals surface area contributed by atoms with Gasteiger partial charge in [0.15, 0.2) is 11.7 Å². The van der Waals surface area contributed by atoms with Crippen LogP contribution in [0.25, 0.3) is 10.2 Å². The second-order valence-electron chi connectivity index (χ2n) is 6.77. The van der Waals surface area contributed by atoms with Crippen LogP contribution in [-0.4, -0.2) is 56.7 Å². The van der Waals surface area contributed by atoms with Crippen LogP contribution in [0.3, 0.4) is 0 Å². The minimum Gasteiger partial charge on any atom is -0.497 e. The molecule has 0 aliphatic rings. The topological polar surface area (TPSA) is 54.9 Å². The first-order valence-corrected chi connectivity index (χ1v) is 10.9. The van der Waals surface area contributed by atoms with Gasteiger partial charge in [-0.3, -0.25) is 9.69 Å². The van der Waals surface area contributed by atoms with Crippen molar-refractivity contribution in [3.63, 3.8) is 0 Å². The fourth-order valence-electron chi connectivity index (χ4n) is 2.77. The molecule has 6 nitrogen and oxygen atoms in total. The molecular formula is C21H24BrN3O3S. The summed E-state index contributed by atoms with van der Waals surface area (Å²) in [5.74, 6) is 1.26. The first-order valence-electron chi connectivity index (χ1n) is 9.24. The van der Waals surface area contributed by atoms with E-state index < -0.39 is 0 Å². The molecule has 1 aromatic heterocycles. The Morgan fingerprint density at radius 1 is 1.10 bits per heavy atom. The molecule has 2 aromatic carbocycles. The molecule has 0 fully saturated rings. The Bertz CT molecular complexity index is 959. The summed E-state index contributed by atoms with van der Waals surface area (Å²) in [6.45, 7) is 1.43. The Balaban J connectivity index is 1.74. The highest BCUT2D eigenvalue weighted by molar-refractivity contribution is 9.10. The van der Waals surface area contributed by atoms with E-state index in [1.807, 2.05) is 32.3 Å². The van der Waals surface area contributed by atoms with E-state index in [0.29, 0.717) is 17.4 Å². The van der Waals surface area contributed by atoms with E-state index in [-0.39, 0.29) is 12.5 Å². The van der Waals surface area contributed by atoms with Crippen molar-refractivity contribution in [1.29, 1.82) is 0 Å². The Kier molecular flexibility index (Phi) is 7.46. The third-order valence-electron chi connectivity index (χ3n) is 4.28. The number of methoxy groups -OCH3 is 1. The number of carbonyl (C=O) groups is 1. The largest absolute Gasteiger partial charge is 0.497 e. The highest BCUT2D eigenvalue weighted by atomic mass is 79.9. The van der Waals surface area contributed by atoms with Gasteiger partial charge in [0.25, 0.3) is 5.91 Å². The van der Waals surface area contributed by atoms with E-state index in [4.69, 9.17) is 9.47 Å². The maximum absolute atomic E-state index is 13.0. The zero-order chi connectivity index (χ0) is 20.8. The molecule has 0 atom stereocenters. The molecule has 154 valence electrons. The lowest BCUT2D eigenvalue weighted by atomic mass is 10.3. The third kappa shape index (κ3) is 5.91. The molecule has 29 heavy (non-hydrogen) atoms. The van der Waals surface area contributed by atoms with E-state index in [1.54, 1.807) is 36.3 Å². The molecule has 0 bridgehead atoms. The highest BCUT2D eigenvalue weighted by Gasteiger charge is 2.20. The summed E-state index contributed by atoms with van der Waals surface area (Å²) in [7, 11) is 5.66. The number of carbonyl (C=O) groups excluding carboxylic acids is 1. The van der Waals surface area contributed by atoms with Crippen LogP contribution >= 0.6 is 27.3 Å². The lowest BCUT2D eigenvalue weighted by molar-refractivity contribution is -0.120. The Morgan fingerprint density at radius 3 is 2.52 bits per heavy atom. The molecule has 1 heterocycles. The smallest absolute Gasteiger partial charge is 0.266 e. The molecule has 0 saturated carbocycles. The number of anilines is 1. The molecular weight excluding hydrogens is 454 g/mol. The monoisotopic (exact) mass is 477 g/mol. The quantitative estimate of drug-likeness (QED) is 0.456. The predicted molar refractivity (Wildman–Crippen MR) is 121 cm³/mol. The molecule has 1 amide bonds. The maximum atomic E-state index is 13.0. The minimum absolute atomic E-state index is 0.0477. The minimum atomic E-state index is -0.113. The van der Waals surface area contributed by atoms with Gasteiger partial charge in [-0.1, -0.05) is 27.3 Å². The molecule has 0 spiro atoms. The standard InChI is InChI=1S/C21H24BrN3O3S/c1-24(2)11-4-12-25(21-23-18-10-5-15(22)13-19(18)29-21)20(26)14-28-17-8-6-16(27-3)7-9-17/h5-10,13H,4,11-12,14H2,1-3H3. The van der Waals surface area contributed by atoms with Gasteiger partial charge in [0.2, 0.25) is 0 Å². The van der Waals surface area contributed by atoms with E-state index in [2.05, 4.69) is 25.8 Å². The first-order chi connectivity index (χ1) is 14.0. The van der Waals surface area contributed by atoms with E-state index in [1.165, 1.54) is 11.3 Å². The van der Waals surface area contributed by atoms with Gasteiger partial charge in [0.1, 0.15) is 11.5 Å². The van der Waals surface area contributed by atoms with Gasteiger partial charge in [0.05, 0.1) is 17.3 Å². The number of fused-ring (bicyclic) bond motifs is 1. The lowest BCUT2D eigenvalue weighted by Crippen LogP contribution is -2.36. The normalized spacial score (nSPS) is 11.1. The van der Waals surface area contributed by atoms with Crippen molar-refractivity contribution in [2.45, 2.75) is 6.42 Å². The molecule has 8 heteroatoms. The van der Waals surface area contributed by atoms with Crippen LogP contribution in [0.2, 0.25) is 0 Å². The van der Waals surface area contributed by atoms with Crippen molar-refractivity contribution in [3.05, 3.63) is 46.9 Å². The average molecular weight is 478 g/mol. The number of rotatable bonds is 9. The van der Waals surface area contributed by atoms with Crippen molar-refractivity contribution in [1.82, 2.24) is 9.88 Å². The second-order valence-corrected chi connectivity index (χ2v) is 8.70. The third-order valence-corrected chi connectivity index (χ3v) is 5.81. The van der Waals surface area contributed by atoms with Crippen LogP contribution < -0.4 is 14.4 Å². The Morgan fingerprint density at radius 2 is 1.83 bits per heavy atom. The van der Waals surface area contributed by atoms with Gasteiger partial charge >= 0.3 is 0 Å². The lowest BCUT2D eigenvalue weighted by Gasteiger charge is -2.21. The van der Waals surface area contributed by atoms with Crippen LogP contribution in [0.4, 0.5) is 5.13 Å². The van der Waals surface area contributed by atoms with Crippen molar-refractivity contribution >= 4 is 48.5 Å². The van der Waals surface area contributed by atoms with Crippen molar-refractivity contribution < 1.29 is 14.3 Å². The summed E-state index contributed by atoms with van der Waals surface area (Å²) >= 11 is 5.00. The Labute approximate surface area is 183 Å². The number of halogens is 1. The second kappa shape index (κ2) is 10.0. The van der Waals surface area contributed by atoms with E-state index in [9.17, 15) is 4.79 Å². The number of thiazole rings is 1. The van der Waals surface area contributed by atoms with Gasteiger partial charge in [-0.15, -0.1) is 0 Å². The van der Waals surface area contributed by atoms with Gasteiger partial charge in [0, 0.05) is 11.0 Å². The number of aromatic nitrogens is 1. The highest BCUT2D eigenvalue weighted by Crippen LogP contribution is 2.31. The molecule has 0 radical (unpaired) electrons. The van der Waals surface area contributed by atoms with Crippen LogP contribution in [0, 0.1) is 0 Å². The summed E-state index contributed by atoms with van der Waals surface area (Å²) in [4.78, 5) is 21.5. The zero-order valence-corrected chi connectivity index (χ0v) is 19.1. The van der Waals surface area contributed by atoms with Gasteiger partial charge < -0.3 is 14.4 Å². The Hall–Kier alpha value is -2.16. The fraction of sp³-hybridized carbons (Fsp3) is 0.333. The maximum Gasteiger partial charge on any atom is 0.266 e. The molecule has 0 saturated heterocycles. The molecule has 3 aromatic rings. The number of ether oxygens (including phenoxy) is 2. The van der Waals surface area contributed by atoms with Gasteiger partial charge in [-0.2, -0.15) is 0 Å². The zero-order valence-electron chi connectivity index (χ0n) is 16.7. The van der Waals surface area contributed by atoms with Crippen molar-refractivity contribution in [3.8, 4) is 11.5 Å².